The zero-order valence-electron chi connectivity index (χ0n) is 16.2. The average Bonchev–Trinajstić information content (AvgIpc) is 3.04. The number of carbonyl (C=O) groups excluding carboxylic acids is 1. The lowest BCUT2D eigenvalue weighted by atomic mass is 9.85. The standard InChI is InChI=1S/C22H26N4O/c1-14(2)26-21-19(13-24-26)18(22(27)23-12-16-8-6-9-16)11-20(25-21)17-10-5-4-7-15(17)3/h4-5,7,10-11,13-14,16H,6,8-9,12H2,1-3H3,(H,23,27). The molecule has 0 saturated heterocycles. The van der Waals surface area contributed by atoms with E-state index in [2.05, 4.69) is 43.3 Å². The van der Waals surface area contributed by atoms with Crippen LogP contribution in [-0.2, 0) is 0 Å². The fourth-order valence-electron chi connectivity index (χ4n) is 3.61. The summed E-state index contributed by atoms with van der Waals surface area (Å²) in [6.45, 7) is 6.97. The van der Waals surface area contributed by atoms with Crippen molar-refractivity contribution in [2.24, 2.45) is 5.92 Å². The number of hydrogen-bond donors (Lipinski definition) is 1. The molecular weight excluding hydrogens is 336 g/mol. The molecule has 0 atom stereocenters. The summed E-state index contributed by atoms with van der Waals surface area (Å²) < 4.78 is 1.89. The van der Waals surface area contributed by atoms with Crippen molar-refractivity contribution in [2.45, 2.75) is 46.1 Å². The lowest BCUT2D eigenvalue weighted by Gasteiger charge is -2.25. The number of fused-ring (bicyclic) bond motifs is 1. The summed E-state index contributed by atoms with van der Waals surface area (Å²) in [5.41, 5.74) is 4.42. The predicted molar refractivity (Wildman–Crippen MR) is 108 cm³/mol. The molecular formula is C22H26N4O. The van der Waals surface area contributed by atoms with E-state index in [1.165, 1.54) is 19.3 Å². The molecule has 2 aromatic heterocycles. The highest BCUT2D eigenvalue weighted by Gasteiger charge is 2.21. The van der Waals surface area contributed by atoms with Crippen LogP contribution in [0, 0.1) is 12.8 Å². The van der Waals surface area contributed by atoms with Crippen LogP contribution in [-0.4, -0.2) is 27.2 Å². The molecule has 0 radical (unpaired) electrons. The average molecular weight is 362 g/mol. The third-order valence-corrected chi connectivity index (χ3v) is 5.50. The number of nitrogens with one attached hydrogen (secondary N) is 1. The number of rotatable bonds is 5. The van der Waals surface area contributed by atoms with Crippen molar-refractivity contribution in [3.05, 3.63) is 47.7 Å². The van der Waals surface area contributed by atoms with Gasteiger partial charge in [-0.2, -0.15) is 5.10 Å². The maximum Gasteiger partial charge on any atom is 0.252 e. The van der Waals surface area contributed by atoms with E-state index in [1.807, 2.05) is 22.9 Å². The number of benzene rings is 1. The van der Waals surface area contributed by atoms with Crippen LogP contribution >= 0.6 is 0 Å². The minimum atomic E-state index is -0.0348. The van der Waals surface area contributed by atoms with E-state index in [1.54, 1.807) is 6.20 Å². The SMILES string of the molecule is Cc1ccccc1-c1cc(C(=O)NCC2CCC2)c2cnn(C(C)C)c2n1. The summed E-state index contributed by atoms with van der Waals surface area (Å²) in [6.07, 6.45) is 5.47. The molecule has 5 nitrogen and oxygen atoms in total. The van der Waals surface area contributed by atoms with Gasteiger partial charge in [-0.3, -0.25) is 4.79 Å². The van der Waals surface area contributed by atoms with Gasteiger partial charge >= 0.3 is 0 Å². The Morgan fingerprint density at radius 2 is 2.07 bits per heavy atom. The van der Waals surface area contributed by atoms with Crippen molar-refractivity contribution in [3.63, 3.8) is 0 Å². The zero-order chi connectivity index (χ0) is 19.0. The van der Waals surface area contributed by atoms with Gasteiger partial charge < -0.3 is 5.32 Å². The van der Waals surface area contributed by atoms with E-state index < -0.39 is 0 Å². The molecule has 1 saturated carbocycles. The Bertz CT molecular complexity index is 985. The van der Waals surface area contributed by atoms with Crippen LogP contribution in [0.1, 0.15) is 55.1 Å². The van der Waals surface area contributed by atoms with E-state index >= 15 is 0 Å². The first-order chi connectivity index (χ1) is 13.0. The highest BCUT2D eigenvalue weighted by Crippen LogP contribution is 2.29. The Kier molecular flexibility index (Phi) is 4.68. The van der Waals surface area contributed by atoms with Gasteiger partial charge in [-0.15, -0.1) is 0 Å². The first-order valence-corrected chi connectivity index (χ1v) is 9.77. The minimum Gasteiger partial charge on any atom is -0.352 e. The van der Waals surface area contributed by atoms with Gasteiger partial charge in [0.15, 0.2) is 5.65 Å². The second-order valence-electron chi connectivity index (χ2n) is 7.80. The molecule has 1 aliphatic carbocycles. The summed E-state index contributed by atoms with van der Waals surface area (Å²) >= 11 is 0. The van der Waals surface area contributed by atoms with Gasteiger partial charge in [0.1, 0.15) is 0 Å². The van der Waals surface area contributed by atoms with Crippen LogP contribution in [0.2, 0.25) is 0 Å². The van der Waals surface area contributed by atoms with Crippen molar-refractivity contribution >= 4 is 16.9 Å². The first kappa shape index (κ1) is 17.7. The molecule has 1 aromatic carbocycles. The Morgan fingerprint density at radius 1 is 1.30 bits per heavy atom. The molecule has 1 fully saturated rings. The molecule has 1 amide bonds. The molecule has 140 valence electrons. The number of carbonyl (C=O) groups is 1. The van der Waals surface area contributed by atoms with E-state index in [-0.39, 0.29) is 11.9 Å². The zero-order valence-corrected chi connectivity index (χ0v) is 16.2. The van der Waals surface area contributed by atoms with Gasteiger partial charge in [0.05, 0.1) is 22.8 Å². The smallest absolute Gasteiger partial charge is 0.252 e. The van der Waals surface area contributed by atoms with Crippen LogP contribution in [0.5, 0.6) is 0 Å². The quantitative estimate of drug-likeness (QED) is 0.726. The molecule has 3 aromatic rings. The largest absolute Gasteiger partial charge is 0.352 e. The molecule has 4 rings (SSSR count). The van der Waals surface area contributed by atoms with Crippen LogP contribution < -0.4 is 5.32 Å². The number of hydrogen-bond acceptors (Lipinski definition) is 3. The Hall–Kier alpha value is -2.69. The Labute approximate surface area is 159 Å². The van der Waals surface area contributed by atoms with Crippen LogP contribution in [0.3, 0.4) is 0 Å². The van der Waals surface area contributed by atoms with E-state index in [0.29, 0.717) is 11.5 Å². The van der Waals surface area contributed by atoms with Crippen molar-refractivity contribution in [1.82, 2.24) is 20.1 Å². The summed E-state index contributed by atoms with van der Waals surface area (Å²) in [4.78, 5) is 17.8. The lowest BCUT2D eigenvalue weighted by Crippen LogP contribution is -2.32. The maximum atomic E-state index is 13.0. The van der Waals surface area contributed by atoms with Crippen LogP contribution in [0.25, 0.3) is 22.3 Å². The fourth-order valence-corrected chi connectivity index (χ4v) is 3.61. The molecule has 1 N–H and O–H groups in total. The second-order valence-corrected chi connectivity index (χ2v) is 7.80. The monoisotopic (exact) mass is 362 g/mol. The van der Waals surface area contributed by atoms with Gasteiger partial charge in [-0.05, 0) is 51.2 Å². The summed E-state index contributed by atoms with van der Waals surface area (Å²) in [5.74, 6) is 0.591. The fraction of sp³-hybridized carbons (Fsp3) is 0.409. The molecule has 0 aliphatic heterocycles. The predicted octanol–water partition coefficient (Wildman–Crippen LogP) is 4.52. The molecule has 27 heavy (non-hydrogen) atoms. The number of amides is 1. The Morgan fingerprint density at radius 3 is 2.74 bits per heavy atom. The Balaban J connectivity index is 1.80. The molecule has 1 aliphatic rings. The van der Waals surface area contributed by atoms with Crippen molar-refractivity contribution in [1.29, 1.82) is 0 Å². The number of aryl methyl sites for hydroxylation is 1. The number of aromatic nitrogens is 3. The normalized spacial score (nSPS) is 14.5. The summed E-state index contributed by atoms with van der Waals surface area (Å²) in [5, 5.41) is 8.43. The van der Waals surface area contributed by atoms with E-state index in [9.17, 15) is 4.79 Å². The number of pyridine rings is 1. The van der Waals surface area contributed by atoms with Gasteiger partial charge in [-0.1, -0.05) is 30.7 Å². The third kappa shape index (κ3) is 3.34. The van der Waals surface area contributed by atoms with Crippen molar-refractivity contribution in [3.8, 4) is 11.3 Å². The highest BCUT2D eigenvalue weighted by atomic mass is 16.1. The molecule has 5 heteroatoms. The topological polar surface area (TPSA) is 59.8 Å². The van der Waals surface area contributed by atoms with Gasteiger partial charge in [0.25, 0.3) is 5.91 Å². The molecule has 0 spiro atoms. The first-order valence-electron chi connectivity index (χ1n) is 9.77. The molecule has 0 unspecified atom stereocenters. The summed E-state index contributed by atoms with van der Waals surface area (Å²) in [6, 6.07) is 10.2. The van der Waals surface area contributed by atoms with Gasteiger partial charge in [0, 0.05) is 18.2 Å². The minimum absolute atomic E-state index is 0.0348. The second kappa shape index (κ2) is 7.14. The number of nitrogens with zero attached hydrogens (tertiary/aromatic N) is 3. The van der Waals surface area contributed by atoms with Gasteiger partial charge in [0.2, 0.25) is 0 Å². The van der Waals surface area contributed by atoms with Crippen LogP contribution in [0.4, 0.5) is 0 Å². The molecule has 0 bridgehead atoms. The van der Waals surface area contributed by atoms with Crippen molar-refractivity contribution in [2.75, 3.05) is 6.54 Å². The lowest BCUT2D eigenvalue weighted by molar-refractivity contribution is 0.0940. The molecule has 2 heterocycles. The summed E-state index contributed by atoms with van der Waals surface area (Å²) in [7, 11) is 0. The van der Waals surface area contributed by atoms with Gasteiger partial charge in [-0.25, -0.2) is 9.67 Å². The third-order valence-electron chi connectivity index (χ3n) is 5.50. The highest BCUT2D eigenvalue weighted by molar-refractivity contribution is 6.06. The maximum absolute atomic E-state index is 13.0. The van der Waals surface area contributed by atoms with E-state index in [0.717, 1.165) is 34.4 Å². The van der Waals surface area contributed by atoms with Crippen molar-refractivity contribution < 1.29 is 4.79 Å². The van der Waals surface area contributed by atoms with Crippen LogP contribution in [0.15, 0.2) is 36.5 Å². The van der Waals surface area contributed by atoms with E-state index in [4.69, 9.17) is 4.98 Å².